The van der Waals surface area contributed by atoms with Crippen LogP contribution < -0.4 is 9.47 Å². The molecule has 3 aromatic rings. The zero-order valence-electron chi connectivity index (χ0n) is 21.6. The zero-order chi connectivity index (χ0) is 26.2. The van der Waals surface area contributed by atoms with E-state index in [1.165, 1.54) is 5.56 Å². The van der Waals surface area contributed by atoms with Crippen LogP contribution in [0, 0.1) is 5.92 Å². The van der Waals surface area contributed by atoms with Gasteiger partial charge in [-0.1, -0.05) is 80.4 Å². The molecule has 5 heteroatoms. The molecule has 4 rings (SSSR count). The fourth-order valence-electron chi connectivity index (χ4n) is 5.11. The molecule has 4 atom stereocenters. The molecule has 0 unspecified atom stereocenters. The Kier molecular flexibility index (Phi) is 9.02. The summed E-state index contributed by atoms with van der Waals surface area (Å²) in [4.78, 5) is 11.3. The number of carboxylic acids is 1. The minimum absolute atomic E-state index is 0.0222. The molecule has 37 heavy (non-hydrogen) atoms. The van der Waals surface area contributed by atoms with E-state index in [1.54, 1.807) is 12.1 Å². The van der Waals surface area contributed by atoms with E-state index in [0.717, 1.165) is 42.6 Å². The first-order valence-electron chi connectivity index (χ1n) is 13.0. The first-order valence-corrected chi connectivity index (χ1v) is 13.0. The molecule has 0 bridgehead atoms. The van der Waals surface area contributed by atoms with E-state index in [4.69, 9.17) is 14.2 Å². The molecule has 0 saturated carbocycles. The molecule has 194 valence electrons. The molecule has 0 amide bonds. The summed E-state index contributed by atoms with van der Waals surface area (Å²) in [5.41, 5.74) is 3.09. The Morgan fingerprint density at radius 1 is 1.03 bits per heavy atom. The van der Waals surface area contributed by atoms with Crippen LogP contribution in [-0.2, 0) is 9.53 Å². The Morgan fingerprint density at radius 2 is 1.73 bits per heavy atom. The predicted octanol–water partition coefficient (Wildman–Crippen LogP) is 7.94. The molecule has 1 aliphatic heterocycles. The zero-order valence-corrected chi connectivity index (χ0v) is 21.6. The van der Waals surface area contributed by atoms with Crippen molar-refractivity contribution < 1.29 is 24.1 Å². The van der Waals surface area contributed by atoms with Crippen LogP contribution in [0.4, 0.5) is 0 Å². The van der Waals surface area contributed by atoms with Gasteiger partial charge in [0.25, 0.3) is 0 Å². The number of hydrogen-bond donors (Lipinski definition) is 1. The van der Waals surface area contributed by atoms with Gasteiger partial charge in [0.05, 0.1) is 12.2 Å². The van der Waals surface area contributed by atoms with Crippen molar-refractivity contribution in [1.82, 2.24) is 0 Å². The molecule has 1 aliphatic rings. The highest BCUT2D eigenvalue weighted by Gasteiger charge is 2.40. The Hall–Kier alpha value is -3.57. The van der Waals surface area contributed by atoms with E-state index in [-0.39, 0.29) is 24.0 Å². The SMILES string of the molecule is C=C(C)[C@H]1C[C@H](c2ccccc2)[C@H](CCCC)O[C@@H]1c1cc(Oc2ccccc2)ccc1OCC(=O)O. The highest BCUT2D eigenvalue weighted by molar-refractivity contribution is 5.68. The molecule has 5 nitrogen and oxygen atoms in total. The Labute approximate surface area is 219 Å². The molecule has 1 N–H and O–H groups in total. The monoisotopic (exact) mass is 500 g/mol. The molecule has 0 spiro atoms. The standard InChI is InChI=1S/C32H36O5/c1-4-5-16-30-27(23-12-8-6-9-13-23)20-26(22(2)3)32(37-30)28-19-25(36-24-14-10-7-11-15-24)17-18-29(28)35-21-31(33)34/h6-15,17-19,26-27,30,32H,2,4-5,16,20-21H2,1,3H3,(H,33,34)/t26-,27-,30+,32+/m1/s1. The van der Waals surface area contributed by atoms with Crippen LogP contribution in [0.2, 0.25) is 0 Å². The van der Waals surface area contributed by atoms with Crippen LogP contribution >= 0.6 is 0 Å². The van der Waals surface area contributed by atoms with Crippen molar-refractivity contribution in [1.29, 1.82) is 0 Å². The van der Waals surface area contributed by atoms with E-state index < -0.39 is 12.6 Å². The Bertz CT molecular complexity index is 1170. The molecular weight excluding hydrogens is 464 g/mol. The largest absolute Gasteiger partial charge is 0.482 e. The third-order valence-electron chi connectivity index (χ3n) is 6.96. The van der Waals surface area contributed by atoms with Crippen molar-refractivity contribution in [3.05, 3.63) is 102 Å². The molecule has 1 saturated heterocycles. The quantitative estimate of drug-likeness (QED) is 0.271. The van der Waals surface area contributed by atoms with Gasteiger partial charge in [0.2, 0.25) is 0 Å². The van der Waals surface area contributed by atoms with Gasteiger partial charge in [-0.2, -0.15) is 0 Å². The summed E-state index contributed by atoms with van der Waals surface area (Å²) in [6.45, 7) is 8.12. The normalized spacial score (nSPS) is 21.2. The van der Waals surface area contributed by atoms with Gasteiger partial charge in [-0.15, -0.1) is 0 Å². The third kappa shape index (κ3) is 6.80. The Balaban J connectivity index is 1.72. The van der Waals surface area contributed by atoms with Crippen LogP contribution in [0.5, 0.6) is 17.2 Å². The summed E-state index contributed by atoms with van der Waals surface area (Å²) in [7, 11) is 0. The number of hydrogen-bond acceptors (Lipinski definition) is 4. The first-order chi connectivity index (χ1) is 18.0. The van der Waals surface area contributed by atoms with Crippen molar-refractivity contribution >= 4 is 5.97 Å². The number of carbonyl (C=O) groups is 1. The molecule has 1 heterocycles. The van der Waals surface area contributed by atoms with Crippen LogP contribution in [0.15, 0.2) is 91.0 Å². The average molecular weight is 501 g/mol. The molecule has 1 fully saturated rings. The second-order valence-electron chi connectivity index (χ2n) is 9.74. The van der Waals surface area contributed by atoms with E-state index >= 15 is 0 Å². The van der Waals surface area contributed by atoms with E-state index in [9.17, 15) is 9.90 Å². The summed E-state index contributed by atoms with van der Waals surface area (Å²) in [6, 6.07) is 25.6. The summed E-state index contributed by atoms with van der Waals surface area (Å²) in [6.07, 6.45) is 3.68. The van der Waals surface area contributed by atoms with Crippen LogP contribution in [0.3, 0.4) is 0 Å². The molecular formula is C32H36O5. The number of rotatable bonds is 11. The summed E-state index contributed by atoms with van der Waals surface area (Å²) in [5, 5.41) is 9.27. The van der Waals surface area contributed by atoms with Gasteiger partial charge in [-0.05, 0) is 55.7 Å². The van der Waals surface area contributed by atoms with Crippen LogP contribution in [-0.4, -0.2) is 23.8 Å². The topological polar surface area (TPSA) is 65.0 Å². The van der Waals surface area contributed by atoms with Crippen LogP contribution in [0.25, 0.3) is 0 Å². The maximum absolute atomic E-state index is 11.3. The third-order valence-corrected chi connectivity index (χ3v) is 6.96. The minimum Gasteiger partial charge on any atom is -0.482 e. The number of unbranched alkanes of at least 4 members (excludes halogenated alkanes) is 1. The number of ether oxygens (including phenoxy) is 3. The van der Waals surface area contributed by atoms with E-state index in [1.807, 2.05) is 49.4 Å². The van der Waals surface area contributed by atoms with Crippen molar-refractivity contribution in [2.24, 2.45) is 5.92 Å². The van der Waals surface area contributed by atoms with Gasteiger partial charge >= 0.3 is 5.97 Å². The fourth-order valence-corrected chi connectivity index (χ4v) is 5.11. The number of para-hydroxylation sites is 1. The lowest BCUT2D eigenvalue weighted by Gasteiger charge is -2.43. The van der Waals surface area contributed by atoms with Crippen molar-refractivity contribution in [2.45, 2.75) is 57.7 Å². The van der Waals surface area contributed by atoms with Crippen molar-refractivity contribution in [2.75, 3.05) is 6.61 Å². The molecule has 0 aromatic heterocycles. The van der Waals surface area contributed by atoms with Crippen LogP contribution in [0.1, 0.15) is 62.7 Å². The van der Waals surface area contributed by atoms with Crippen molar-refractivity contribution in [3.8, 4) is 17.2 Å². The van der Waals surface area contributed by atoms with Gasteiger partial charge in [0.1, 0.15) is 17.2 Å². The maximum atomic E-state index is 11.3. The first kappa shape index (κ1) is 26.5. The van der Waals surface area contributed by atoms with Gasteiger partial charge in [0, 0.05) is 17.4 Å². The Morgan fingerprint density at radius 3 is 2.38 bits per heavy atom. The lowest BCUT2D eigenvalue weighted by atomic mass is 9.74. The summed E-state index contributed by atoms with van der Waals surface area (Å²) >= 11 is 0. The van der Waals surface area contributed by atoms with E-state index in [2.05, 4.69) is 37.8 Å². The molecule has 0 aliphatic carbocycles. The fraction of sp³-hybridized carbons (Fsp3) is 0.344. The summed E-state index contributed by atoms with van der Waals surface area (Å²) in [5.74, 6) is 1.11. The lowest BCUT2D eigenvalue weighted by molar-refractivity contribution is -0.139. The van der Waals surface area contributed by atoms with Gasteiger partial charge in [-0.3, -0.25) is 0 Å². The van der Waals surface area contributed by atoms with Crippen molar-refractivity contribution in [3.63, 3.8) is 0 Å². The highest BCUT2D eigenvalue weighted by atomic mass is 16.5. The average Bonchev–Trinajstić information content (AvgIpc) is 2.91. The lowest BCUT2D eigenvalue weighted by Crippen LogP contribution is -2.36. The second-order valence-corrected chi connectivity index (χ2v) is 9.74. The smallest absolute Gasteiger partial charge is 0.341 e. The van der Waals surface area contributed by atoms with Gasteiger partial charge < -0.3 is 19.3 Å². The number of benzene rings is 3. The second kappa shape index (κ2) is 12.6. The maximum Gasteiger partial charge on any atom is 0.341 e. The number of carboxylic acid groups (broad SMARTS) is 1. The molecule has 3 aromatic carbocycles. The summed E-state index contributed by atoms with van der Waals surface area (Å²) < 4.78 is 18.8. The minimum atomic E-state index is -1.03. The van der Waals surface area contributed by atoms with Gasteiger partial charge in [0.15, 0.2) is 6.61 Å². The van der Waals surface area contributed by atoms with E-state index in [0.29, 0.717) is 11.5 Å². The van der Waals surface area contributed by atoms with Gasteiger partial charge in [-0.25, -0.2) is 4.79 Å². The predicted molar refractivity (Wildman–Crippen MR) is 145 cm³/mol. The highest BCUT2D eigenvalue weighted by Crippen LogP contribution is 2.49. The number of aliphatic carboxylic acids is 1. The molecule has 0 radical (unpaired) electrons.